The molecule has 0 amide bonds. The van der Waals surface area contributed by atoms with Crippen molar-refractivity contribution < 1.29 is 39.1 Å². The summed E-state index contributed by atoms with van der Waals surface area (Å²) in [5, 5.41) is 42.0. The normalized spacial score (nSPS) is 21.9. The Morgan fingerprint density at radius 2 is 1.04 bits per heavy atom. The van der Waals surface area contributed by atoms with Gasteiger partial charge in [0.2, 0.25) is 0 Å². The van der Waals surface area contributed by atoms with Crippen molar-refractivity contribution in [2.75, 3.05) is 47.0 Å². The van der Waals surface area contributed by atoms with E-state index >= 15 is 0 Å². The third-order valence-electron chi connectivity index (χ3n) is 10.5. The molecule has 8 heteroatoms. The number of aliphatic hydroxyl groups excluding tert-OH is 4. The summed E-state index contributed by atoms with van der Waals surface area (Å²) in [6.45, 7) is 6.66. The van der Waals surface area contributed by atoms with Crippen molar-refractivity contribution >= 4 is 0 Å². The van der Waals surface area contributed by atoms with Gasteiger partial charge < -0.3 is 39.1 Å². The minimum Gasteiger partial charge on any atom is -0.387 e. The maximum Gasteiger partial charge on any atom is 0.186 e. The summed E-state index contributed by atoms with van der Waals surface area (Å²) in [5.74, 6) is 0. The van der Waals surface area contributed by atoms with Crippen LogP contribution in [-0.2, 0) is 14.2 Å². The Morgan fingerprint density at radius 3 is 1.55 bits per heavy atom. The number of nitrogens with zero attached hydrogens (tertiary/aromatic N) is 1. The topological polar surface area (TPSA) is 109 Å². The van der Waals surface area contributed by atoms with Crippen LogP contribution in [0.4, 0.5) is 0 Å². The zero-order valence-electron chi connectivity index (χ0n) is 34.0. The van der Waals surface area contributed by atoms with Gasteiger partial charge in [0.05, 0.1) is 33.9 Å². The highest BCUT2D eigenvalue weighted by molar-refractivity contribution is 4.89. The largest absolute Gasteiger partial charge is 0.387 e. The number of allylic oxidation sites excluding steroid dienone is 2. The maximum absolute atomic E-state index is 10.7. The Morgan fingerprint density at radius 1 is 0.588 bits per heavy atom. The first-order valence-electron chi connectivity index (χ1n) is 21.8. The fourth-order valence-electron chi connectivity index (χ4n) is 7.16. The summed E-state index contributed by atoms with van der Waals surface area (Å²) < 4.78 is 18.1. The van der Waals surface area contributed by atoms with Gasteiger partial charge in [-0.25, -0.2) is 0 Å². The van der Waals surface area contributed by atoms with Gasteiger partial charge in [0.25, 0.3) is 0 Å². The molecule has 1 rings (SSSR count). The summed E-state index contributed by atoms with van der Waals surface area (Å²) >= 11 is 0. The van der Waals surface area contributed by atoms with Crippen LogP contribution < -0.4 is 0 Å². The van der Waals surface area contributed by atoms with Crippen molar-refractivity contribution in [1.29, 1.82) is 0 Å². The molecular formula is C43H86NO7+. The molecule has 0 saturated carbocycles. The van der Waals surface area contributed by atoms with Gasteiger partial charge in [-0.05, 0) is 44.9 Å². The van der Waals surface area contributed by atoms with E-state index in [-0.39, 0.29) is 13.2 Å². The van der Waals surface area contributed by atoms with Gasteiger partial charge in [-0.3, -0.25) is 0 Å². The Hall–Kier alpha value is -0.580. The molecule has 1 fully saturated rings. The standard InChI is InChI=1S/C43H86NO7/c1-5-7-9-11-13-15-17-19-20-21-22-24-26-28-30-32-34-50-43-42(48)41(47)40(46)39(51-43)37-49-36-38(45)35-44(3,4)33-31-29-27-25-23-18-16-14-12-10-8-6-2/h19-20,38-43,45-48H,5-18,21-37H2,1-4H3/q+1/b20-19-/t38?,39-,40-,41+,42-,43-/m1/s1. The molecule has 0 aliphatic carbocycles. The first kappa shape index (κ1) is 48.4. The molecule has 0 bridgehead atoms. The van der Waals surface area contributed by atoms with Crippen LogP contribution in [0, 0.1) is 0 Å². The van der Waals surface area contributed by atoms with Crippen molar-refractivity contribution in [1.82, 2.24) is 0 Å². The SMILES string of the molecule is CCCCCCCC/C=C\CCCCCCCCO[C@@H]1O[C@H](COCC(O)C[N+](C)(C)CCCCCCCCCCCCCC)[C@@H](O)[C@H](O)[C@H]1O. The number of hydrogen-bond acceptors (Lipinski definition) is 7. The molecule has 304 valence electrons. The predicted molar refractivity (Wildman–Crippen MR) is 212 cm³/mol. The van der Waals surface area contributed by atoms with Crippen molar-refractivity contribution in [3.05, 3.63) is 12.2 Å². The molecule has 0 aromatic rings. The summed E-state index contributed by atoms with van der Waals surface area (Å²) in [7, 11) is 4.29. The van der Waals surface area contributed by atoms with Crippen LogP contribution in [0.3, 0.4) is 0 Å². The van der Waals surface area contributed by atoms with Gasteiger partial charge in [-0.2, -0.15) is 0 Å². The molecule has 0 spiro atoms. The van der Waals surface area contributed by atoms with E-state index in [2.05, 4.69) is 40.1 Å². The van der Waals surface area contributed by atoms with Crippen LogP contribution in [-0.4, -0.2) is 109 Å². The van der Waals surface area contributed by atoms with E-state index in [1.165, 1.54) is 141 Å². The second-order valence-electron chi connectivity index (χ2n) is 16.2. The first-order valence-corrected chi connectivity index (χ1v) is 21.8. The number of quaternary nitrogens is 1. The number of likely N-dealkylation sites (N-methyl/N-ethyl adjacent to an activating group) is 1. The molecule has 6 atom stereocenters. The molecule has 1 aliphatic rings. The third kappa shape index (κ3) is 26.8. The Balaban J connectivity index is 2.12. The van der Waals surface area contributed by atoms with E-state index in [4.69, 9.17) is 14.2 Å². The van der Waals surface area contributed by atoms with Crippen LogP contribution in [0.2, 0.25) is 0 Å². The van der Waals surface area contributed by atoms with E-state index in [9.17, 15) is 20.4 Å². The highest BCUT2D eigenvalue weighted by atomic mass is 16.7. The van der Waals surface area contributed by atoms with Crippen molar-refractivity contribution in [3.63, 3.8) is 0 Å². The molecular weight excluding hydrogens is 642 g/mol. The van der Waals surface area contributed by atoms with Gasteiger partial charge in [-0.1, -0.05) is 148 Å². The molecule has 0 radical (unpaired) electrons. The Labute approximate surface area is 315 Å². The quantitative estimate of drug-likeness (QED) is 0.0290. The molecule has 4 N–H and O–H groups in total. The smallest absolute Gasteiger partial charge is 0.186 e. The highest BCUT2D eigenvalue weighted by Crippen LogP contribution is 2.23. The van der Waals surface area contributed by atoms with E-state index < -0.39 is 36.8 Å². The lowest BCUT2D eigenvalue weighted by molar-refractivity contribution is -0.893. The Bertz CT molecular complexity index is 781. The minimum absolute atomic E-state index is 0.00225. The van der Waals surface area contributed by atoms with Gasteiger partial charge in [0, 0.05) is 6.61 Å². The molecule has 51 heavy (non-hydrogen) atoms. The maximum atomic E-state index is 10.7. The lowest BCUT2D eigenvalue weighted by atomic mass is 9.99. The lowest BCUT2D eigenvalue weighted by Gasteiger charge is -2.40. The fraction of sp³-hybridized carbons (Fsp3) is 0.953. The fourth-order valence-corrected chi connectivity index (χ4v) is 7.16. The van der Waals surface area contributed by atoms with Crippen LogP contribution in [0.5, 0.6) is 0 Å². The van der Waals surface area contributed by atoms with Gasteiger partial charge in [0.1, 0.15) is 37.1 Å². The molecule has 8 nitrogen and oxygen atoms in total. The minimum atomic E-state index is -1.38. The summed E-state index contributed by atoms with van der Waals surface area (Å²) in [4.78, 5) is 0. The molecule has 1 saturated heterocycles. The average molecular weight is 729 g/mol. The highest BCUT2D eigenvalue weighted by Gasteiger charge is 2.44. The molecule has 1 unspecified atom stereocenters. The third-order valence-corrected chi connectivity index (χ3v) is 10.5. The second kappa shape index (κ2) is 32.8. The van der Waals surface area contributed by atoms with Crippen LogP contribution in [0.15, 0.2) is 12.2 Å². The number of aliphatic hydroxyl groups is 4. The summed E-state index contributed by atoms with van der Waals surface area (Å²) in [6.07, 6.45) is 31.4. The van der Waals surface area contributed by atoms with Crippen molar-refractivity contribution in [2.24, 2.45) is 0 Å². The Kier molecular flexibility index (Phi) is 31.2. The van der Waals surface area contributed by atoms with Gasteiger partial charge in [-0.15, -0.1) is 0 Å². The van der Waals surface area contributed by atoms with E-state index in [0.29, 0.717) is 13.2 Å². The molecule has 0 aromatic carbocycles. The van der Waals surface area contributed by atoms with E-state index in [1.54, 1.807) is 0 Å². The number of unbranched alkanes of at least 4 members (excludes halogenated alkanes) is 23. The van der Waals surface area contributed by atoms with Crippen LogP contribution in [0.1, 0.15) is 181 Å². The summed E-state index contributed by atoms with van der Waals surface area (Å²) in [6, 6.07) is 0. The van der Waals surface area contributed by atoms with Gasteiger partial charge >= 0.3 is 0 Å². The number of rotatable bonds is 36. The summed E-state index contributed by atoms with van der Waals surface area (Å²) in [5.41, 5.74) is 0. The van der Waals surface area contributed by atoms with Crippen LogP contribution in [0.25, 0.3) is 0 Å². The van der Waals surface area contributed by atoms with Crippen molar-refractivity contribution in [3.8, 4) is 0 Å². The van der Waals surface area contributed by atoms with Crippen LogP contribution >= 0.6 is 0 Å². The first-order chi connectivity index (χ1) is 24.7. The lowest BCUT2D eigenvalue weighted by Crippen LogP contribution is -2.59. The monoisotopic (exact) mass is 729 g/mol. The molecule has 1 heterocycles. The second-order valence-corrected chi connectivity index (χ2v) is 16.2. The zero-order valence-corrected chi connectivity index (χ0v) is 34.0. The van der Waals surface area contributed by atoms with E-state index in [1.807, 2.05) is 0 Å². The number of ether oxygens (including phenoxy) is 3. The average Bonchev–Trinajstić information content (AvgIpc) is 3.10. The predicted octanol–water partition coefficient (Wildman–Crippen LogP) is 9.00. The van der Waals surface area contributed by atoms with Gasteiger partial charge in [0.15, 0.2) is 6.29 Å². The zero-order chi connectivity index (χ0) is 37.4. The molecule has 0 aromatic heterocycles. The number of hydrogen-bond donors (Lipinski definition) is 4. The molecule has 1 aliphatic heterocycles. The van der Waals surface area contributed by atoms with Crippen molar-refractivity contribution in [2.45, 2.75) is 218 Å². The van der Waals surface area contributed by atoms with E-state index in [0.717, 1.165) is 36.7 Å².